The van der Waals surface area contributed by atoms with Crippen LogP contribution < -0.4 is 9.47 Å². The van der Waals surface area contributed by atoms with Gasteiger partial charge < -0.3 is 24.1 Å². The van der Waals surface area contributed by atoms with Crippen molar-refractivity contribution in [1.29, 1.82) is 0 Å². The maximum Gasteiger partial charge on any atom is 0.349 e. The van der Waals surface area contributed by atoms with Crippen molar-refractivity contribution in [3.05, 3.63) is 68.8 Å². The number of benzene rings is 2. The summed E-state index contributed by atoms with van der Waals surface area (Å²) in [6, 6.07) is 8.98. The van der Waals surface area contributed by atoms with Gasteiger partial charge in [0.25, 0.3) is 11.4 Å². The van der Waals surface area contributed by atoms with E-state index in [1.807, 2.05) is 0 Å². The molecule has 184 valence electrons. The number of carbonyl (C=O) groups is 4. The lowest BCUT2D eigenvalue weighted by atomic mass is 10.2. The van der Waals surface area contributed by atoms with Gasteiger partial charge in [-0.3, -0.25) is 25.0 Å². The summed E-state index contributed by atoms with van der Waals surface area (Å²) in [4.78, 5) is 66.6. The minimum atomic E-state index is -2.01. The number of carbonyl (C=O) groups excluding carboxylic acids is 4. The number of aliphatic hydroxyl groups is 1. The molecule has 2 aromatic rings. The fraction of sp³-hybridized carbons (Fsp3) is 0.200. The number of hydrogen-bond donors (Lipinski definition) is 1. The molecule has 0 fully saturated rings. The van der Waals surface area contributed by atoms with Gasteiger partial charge in [-0.25, -0.2) is 14.4 Å². The lowest BCUT2D eigenvalue weighted by molar-refractivity contribution is -0.385. The summed E-state index contributed by atoms with van der Waals surface area (Å²) in [6.07, 6.45) is -2.92. The van der Waals surface area contributed by atoms with Gasteiger partial charge in [-0.15, -0.1) is 0 Å². The predicted octanol–water partition coefficient (Wildman–Crippen LogP) is 0.851. The fourth-order valence-corrected chi connectivity index (χ4v) is 2.26. The Kier molecular flexibility index (Phi) is 9.30. The van der Waals surface area contributed by atoms with Crippen LogP contribution in [0.15, 0.2) is 48.5 Å². The van der Waals surface area contributed by atoms with Crippen LogP contribution in [0, 0.1) is 20.2 Å². The molecule has 0 heterocycles. The number of aliphatic hydroxyl groups excluding tert-OH is 1. The van der Waals surface area contributed by atoms with Crippen LogP contribution in [-0.2, 0) is 28.7 Å². The third-order valence-electron chi connectivity index (χ3n) is 3.87. The molecule has 0 aliphatic heterocycles. The van der Waals surface area contributed by atoms with Crippen LogP contribution in [0.3, 0.4) is 0 Å². The zero-order valence-corrected chi connectivity index (χ0v) is 17.6. The first-order valence-electron chi connectivity index (χ1n) is 9.45. The molecule has 0 saturated heterocycles. The summed E-state index contributed by atoms with van der Waals surface area (Å²) in [5.74, 6) is -4.70. The molecule has 0 aliphatic carbocycles. The van der Waals surface area contributed by atoms with Crippen molar-refractivity contribution in [3.8, 4) is 11.5 Å². The molecule has 0 radical (unpaired) electrons. The molecule has 1 unspecified atom stereocenters. The minimum Gasteiger partial charge on any atom is -0.454 e. The quantitative estimate of drug-likeness (QED) is 0.200. The molecule has 0 aromatic heterocycles. The molecule has 0 bridgehead atoms. The van der Waals surface area contributed by atoms with Crippen molar-refractivity contribution in [3.63, 3.8) is 0 Å². The van der Waals surface area contributed by atoms with Gasteiger partial charge in [0, 0.05) is 24.3 Å². The van der Waals surface area contributed by atoms with Crippen molar-refractivity contribution in [2.24, 2.45) is 0 Å². The van der Waals surface area contributed by atoms with Crippen LogP contribution in [0.5, 0.6) is 11.5 Å². The molecule has 0 aliphatic rings. The fourth-order valence-electron chi connectivity index (χ4n) is 2.26. The summed E-state index contributed by atoms with van der Waals surface area (Å²) in [7, 11) is 0. The third-order valence-corrected chi connectivity index (χ3v) is 3.87. The molecule has 2 rings (SSSR count). The van der Waals surface area contributed by atoms with E-state index in [0.717, 1.165) is 48.5 Å². The van der Waals surface area contributed by atoms with E-state index in [0.29, 0.717) is 0 Å². The molecule has 1 N–H and O–H groups in total. The summed E-state index contributed by atoms with van der Waals surface area (Å²) in [5, 5.41) is 30.8. The SMILES string of the molecule is O=C(CC(O)C(=O)OCC(=O)Oc1ccc([N+](=O)[O-])cc1)OCC(=O)Oc1ccc([N+](=O)[O-])cc1. The second-order valence-corrected chi connectivity index (χ2v) is 6.44. The largest absolute Gasteiger partial charge is 0.454 e. The molecule has 15 nitrogen and oxygen atoms in total. The molecule has 35 heavy (non-hydrogen) atoms. The Labute approximate surface area is 195 Å². The van der Waals surface area contributed by atoms with Crippen LogP contribution in [0.2, 0.25) is 0 Å². The Bertz CT molecular complexity index is 1110. The Morgan fingerprint density at radius 2 is 1.11 bits per heavy atom. The molecule has 0 amide bonds. The van der Waals surface area contributed by atoms with Gasteiger partial charge in [0.05, 0.1) is 16.3 Å². The zero-order chi connectivity index (χ0) is 26.0. The highest BCUT2D eigenvalue weighted by Crippen LogP contribution is 2.18. The van der Waals surface area contributed by atoms with Crippen LogP contribution in [0.25, 0.3) is 0 Å². The first kappa shape index (κ1) is 26.3. The number of rotatable bonds is 11. The van der Waals surface area contributed by atoms with Crippen LogP contribution >= 0.6 is 0 Å². The van der Waals surface area contributed by atoms with E-state index in [-0.39, 0.29) is 22.9 Å². The lowest BCUT2D eigenvalue weighted by Gasteiger charge is -2.10. The highest BCUT2D eigenvalue weighted by molar-refractivity contribution is 5.84. The monoisotopic (exact) mass is 492 g/mol. The van der Waals surface area contributed by atoms with Crippen molar-refractivity contribution in [2.75, 3.05) is 13.2 Å². The number of nitro benzene ring substituents is 2. The van der Waals surface area contributed by atoms with Gasteiger partial charge in [0.15, 0.2) is 19.3 Å². The van der Waals surface area contributed by atoms with Crippen LogP contribution in [0.4, 0.5) is 11.4 Å². The number of nitrogens with zero attached hydrogens (tertiary/aromatic N) is 2. The number of ether oxygens (including phenoxy) is 4. The van der Waals surface area contributed by atoms with Gasteiger partial charge in [-0.1, -0.05) is 0 Å². The summed E-state index contributed by atoms with van der Waals surface area (Å²) < 4.78 is 18.7. The molecule has 15 heteroatoms. The molecule has 0 saturated carbocycles. The maximum absolute atomic E-state index is 11.7. The van der Waals surface area contributed by atoms with Gasteiger partial charge in [0.1, 0.15) is 11.5 Å². The average Bonchev–Trinajstić information content (AvgIpc) is 2.81. The van der Waals surface area contributed by atoms with Crippen molar-refractivity contribution in [1.82, 2.24) is 0 Å². The second-order valence-electron chi connectivity index (χ2n) is 6.44. The first-order valence-corrected chi connectivity index (χ1v) is 9.45. The molecular formula is C20H16N2O13. The Balaban J connectivity index is 1.69. The van der Waals surface area contributed by atoms with Crippen molar-refractivity contribution >= 4 is 35.3 Å². The van der Waals surface area contributed by atoms with E-state index < -0.39 is 59.5 Å². The summed E-state index contributed by atoms with van der Waals surface area (Å²) >= 11 is 0. The normalized spacial score (nSPS) is 11.0. The van der Waals surface area contributed by atoms with Crippen LogP contribution in [-0.4, -0.2) is 58.1 Å². The molecular weight excluding hydrogens is 476 g/mol. The number of esters is 4. The minimum absolute atomic E-state index is 0.0409. The van der Waals surface area contributed by atoms with Crippen molar-refractivity contribution in [2.45, 2.75) is 12.5 Å². The average molecular weight is 492 g/mol. The number of hydrogen-bond acceptors (Lipinski definition) is 13. The molecule has 2 aromatic carbocycles. The lowest BCUT2D eigenvalue weighted by Crippen LogP contribution is -2.30. The smallest absolute Gasteiger partial charge is 0.349 e. The van der Waals surface area contributed by atoms with Gasteiger partial charge in [-0.2, -0.15) is 0 Å². The zero-order valence-electron chi connectivity index (χ0n) is 17.6. The van der Waals surface area contributed by atoms with E-state index in [2.05, 4.69) is 9.47 Å². The Morgan fingerprint density at radius 3 is 1.51 bits per heavy atom. The topological polar surface area (TPSA) is 212 Å². The predicted molar refractivity (Wildman–Crippen MR) is 110 cm³/mol. The van der Waals surface area contributed by atoms with Gasteiger partial charge >= 0.3 is 23.9 Å². The standard InChI is InChI=1S/C20H16N2O13/c23-16(20(27)33-11-19(26)35-15-7-3-13(4-8-15)22(30)31)9-17(24)32-10-18(25)34-14-5-1-12(2-6-14)21(28)29/h1-8,16,23H,9-11H2. The molecule has 1 atom stereocenters. The van der Waals surface area contributed by atoms with E-state index >= 15 is 0 Å². The van der Waals surface area contributed by atoms with E-state index in [4.69, 9.17) is 9.47 Å². The van der Waals surface area contributed by atoms with E-state index in [1.165, 1.54) is 0 Å². The highest BCUT2D eigenvalue weighted by atomic mass is 16.6. The van der Waals surface area contributed by atoms with Gasteiger partial charge in [0.2, 0.25) is 0 Å². The first-order chi connectivity index (χ1) is 16.5. The Hall–Kier alpha value is -4.92. The second kappa shape index (κ2) is 12.4. The summed E-state index contributed by atoms with van der Waals surface area (Å²) in [5.41, 5.74) is -0.456. The molecule has 0 spiro atoms. The number of non-ortho nitro benzene ring substituents is 2. The van der Waals surface area contributed by atoms with E-state index in [9.17, 15) is 44.5 Å². The Morgan fingerprint density at radius 1 is 0.714 bits per heavy atom. The summed E-state index contributed by atoms with van der Waals surface area (Å²) in [6.45, 7) is -1.80. The van der Waals surface area contributed by atoms with Crippen molar-refractivity contribution < 1.29 is 53.1 Å². The maximum atomic E-state index is 11.7. The third kappa shape index (κ3) is 8.85. The highest BCUT2D eigenvalue weighted by Gasteiger charge is 2.23. The van der Waals surface area contributed by atoms with E-state index in [1.54, 1.807) is 0 Å². The number of nitro groups is 2. The van der Waals surface area contributed by atoms with Crippen LogP contribution in [0.1, 0.15) is 6.42 Å². The van der Waals surface area contributed by atoms with Gasteiger partial charge in [-0.05, 0) is 24.3 Å².